The lowest BCUT2D eigenvalue weighted by Gasteiger charge is -2.44. The quantitative estimate of drug-likeness (QED) is 0.821. The first-order valence-electron chi connectivity index (χ1n) is 5.92. The Morgan fingerprint density at radius 2 is 1.89 bits per heavy atom. The maximum absolute atomic E-state index is 11.2. The van der Waals surface area contributed by atoms with Gasteiger partial charge in [0, 0.05) is 30.9 Å². The lowest BCUT2D eigenvalue weighted by molar-refractivity contribution is 0.380. The Morgan fingerprint density at radius 3 is 2.39 bits per heavy atom. The maximum atomic E-state index is 11.2. The highest BCUT2D eigenvalue weighted by atomic mass is 32.2. The minimum absolute atomic E-state index is 0.0152. The van der Waals surface area contributed by atoms with Crippen molar-refractivity contribution >= 4 is 15.7 Å². The van der Waals surface area contributed by atoms with Gasteiger partial charge in [-0.05, 0) is 38.1 Å². The van der Waals surface area contributed by atoms with E-state index in [2.05, 4.69) is 24.1 Å². The molecule has 0 amide bonds. The van der Waals surface area contributed by atoms with Crippen LogP contribution in [0.3, 0.4) is 0 Å². The summed E-state index contributed by atoms with van der Waals surface area (Å²) in [4.78, 5) is 2.43. The number of rotatable bonds is 2. The third kappa shape index (κ3) is 2.66. The summed E-state index contributed by atoms with van der Waals surface area (Å²) in [5, 5.41) is 8.44. The second kappa shape index (κ2) is 4.53. The molecule has 2 rings (SSSR count). The normalized spacial score (nSPS) is 19.8. The molecule has 1 aliphatic heterocycles. The van der Waals surface area contributed by atoms with E-state index in [-0.39, 0.29) is 10.4 Å². The molecule has 0 spiro atoms. The van der Waals surface area contributed by atoms with Crippen LogP contribution in [0.15, 0.2) is 29.2 Å². The van der Waals surface area contributed by atoms with E-state index in [1.54, 1.807) is 12.1 Å². The molecule has 1 heterocycles. The van der Waals surface area contributed by atoms with Gasteiger partial charge >= 0.3 is 0 Å². The number of nitrogens with two attached hydrogens (primary N) is 1. The first kappa shape index (κ1) is 13.3. The molecule has 1 fully saturated rings. The van der Waals surface area contributed by atoms with Crippen molar-refractivity contribution in [2.24, 2.45) is 5.14 Å². The van der Waals surface area contributed by atoms with Crippen LogP contribution in [0.1, 0.15) is 13.8 Å². The van der Waals surface area contributed by atoms with E-state index in [0.29, 0.717) is 0 Å². The Kier molecular flexibility index (Phi) is 3.35. The van der Waals surface area contributed by atoms with Crippen LogP contribution in [-0.4, -0.2) is 33.6 Å². The molecule has 3 N–H and O–H groups in total. The lowest BCUT2D eigenvalue weighted by Crippen LogP contribution is -2.58. The molecule has 1 aromatic rings. The Hall–Kier alpha value is -1.11. The summed E-state index contributed by atoms with van der Waals surface area (Å²) in [6.45, 7) is 7.06. The molecular weight excluding hydrogens is 250 g/mol. The Morgan fingerprint density at radius 1 is 1.28 bits per heavy atom. The molecule has 18 heavy (non-hydrogen) atoms. The molecular formula is C12H19N3O2S. The fourth-order valence-electron chi connectivity index (χ4n) is 2.28. The lowest BCUT2D eigenvalue weighted by atomic mass is 9.99. The molecule has 6 heteroatoms. The van der Waals surface area contributed by atoms with E-state index in [1.807, 2.05) is 12.1 Å². The number of anilines is 1. The minimum Gasteiger partial charge on any atom is -0.364 e. The second-order valence-electron chi connectivity index (χ2n) is 5.18. The van der Waals surface area contributed by atoms with E-state index in [4.69, 9.17) is 5.14 Å². The fraction of sp³-hybridized carbons (Fsp3) is 0.500. The van der Waals surface area contributed by atoms with Crippen molar-refractivity contribution in [3.8, 4) is 0 Å². The smallest absolute Gasteiger partial charge is 0.238 e. The van der Waals surface area contributed by atoms with E-state index < -0.39 is 10.0 Å². The van der Waals surface area contributed by atoms with Crippen molar-refractivity contribution in [1.82, 2.24) is 5.32 Å². The minimum atomic E-state index is -3.61. The van der Waals surface area contributed by atoms with E-state index in [9.17, 15) is 8.42 Å². The van der Waals surface area contributed by atoms with Gasteiger partial charge in [0.05, 0.1) is 4.90 Å². The Labute approximate surface area is 108 Å². The number of nitrogens with one attached hydrogen (secondary N) is 1. The van der Waals surface area contributed by atoms with Gasteiger partial charge in [-0.1, -0.05) is 0 Å². The molecule has 0 atom stereocenters. The predicted octanol–water partition coefficient (Wildman–Crippen LogP) is 0.522. The number of benzene rings is 1. The van der Waals surface area contributed by atoms with Crippen LogP contribution in [0.4, 0.5) is 5.69 Å². The fourth-order valence-corrected chi connectivity index (χ4v) is 2.79. The average Bonchev–Trinajstić information content (AvgIpc) is 2.27. The topological polar surface area (TPSA) is 75.4 Å². The predicted molar refractivity (Wildman–Crippen MR) is 72.1 cm³/mol. The zero-order valence-electron chi connectivity index (χ0n) is 10.7. The van der Waals surface area contributed by atoms with Crippen LogP contribution in [0, 0.1) is 0 Å². The number of hydrogen-bond donors (Lipinski definition) is 2. The summed E-state index contributed by atoms with van der Waals surface area (Å²) in [5.41, 5.74) is 1.04. The molecule has 1 saturated heterocycles. The highest BCUT2D eigenvalue weighted by Crippen LogP contribution is 2.26. The zero-order chi connectivity index (χ0) is 13.4. The highest BCUT2D eigenvalue weighted by molar-refractivity contribution is 7.89. The van der Waals surface area contributed by atoms with Gasteiger partial charge in [0.1, 0.15) is 0 Å². The summed E-state index contributed by atoms with van der Waals surface area (Å²) in [5.74, 6) is 0. The van der Waals surface area contributed by atoms with Crippen molar-refractivity contribution in [2.45, 2.75) is 24.3 Å². The number of piperazine rings is 1. The summed E-state index contributed by atoms with van der Waals surface area (Å²) in [6.07, 6.45) is 0. The van der Waals surface area contributed by atoms with E-state index in [0.717, 1.165) is 25.3 Å². The molecule has 100 valence electrons. The van der Waals surface area contributed by atoms with Gasteiger partial charge in [0.25, 0.3) is 0 Å². The van der Waals surface area contributed by atoms with Gasteiger partial charge in [0.15, 0.2) is 0 Å². The Bertz CT molecular complexity index is 523. The maximum Gasteiger partial charge on any atom is 0.238 e. The number of primary sulfonamides is 1. The molecule has 1 aromatic carbocycles. The number of hydrogen-bond acceptors (Lipinski definition) is 4. The van der Waals surface area contributed by atoms with Crippen molar-refractivity contribution in [3.05, 3.63) is 24.3 Å². The van der Waals surface area contributed by atoms with Crippen molar-refractivity contribution in [2.75, 3.05) is 24.5 Å². The zero-order valence-corrected chi connectivity index (χ0v) is 11.5. The van der Waals surface area contributed by atoms with Crippen LogP contribution in [-0.2, 0) is 10.0 Å². The third-order valence-corrected chi connectivity index (χ3v) is 4.21. The van der Waals surface area contributed by atoms with Crippen molar-refractivity contribution in [3.63, 3.8) is 0 Å². The molecule has 0 radical (unpaired) electrons. The van der Waals surface area contributed by atoms with E-state index >= 15 is 0 Å². The van der Waals surface area contributed by atoms with Gasteiger partial charge in [-0.25, -0.2) is 13.6 Å². The third-order valence-electron chi connectivity index (χ3n) is 3.28. The molecule has 5 nitrogen and oxygen atoms in total. The van der Waals surface area contributed by atoms with Gasteiger partial charge in [0.2, 0.25) is 10.0 Å². The summed E-state index contributed by atoms with van der Waals surface area (Å²) in [7, 11) is -3.61. The van der Waals surface area contributed by atoms with Crippen LogP contribution in [0.5, 0.6) is 0 Å². The van der Waals surface area contributed by atoms with E-state index in [1.165, 1.54) is 0 Å². The standard InChI is InChI=1S/C12H19N3O2S/c1-12(2)9-14-7-8-15(12)10-3-5-11(6-4-10)18(13,16)17/h3-6,14H,7-9H2,1-2H3,(H2,13,16,17). The number of sulfonamides is 1. The molecule has 0 saturated carbocycles. The highest BCUT2D eigenvalue weighted by Gasteiger charge is 2.29. The Balaban J connectivity index is 2.29. The molecule has 0 aromatic heterocycles. The summed E-state index contributed by atoms with van der Waals surface area (Å²) >= 11 is 0. The number of nitrogens with zero attached hydrogens (tertiary/aromatic N) is 1. The first-order valence-corrected chi connectivity index (χ1v) is 7.46. The first-order chi connectivity index (χ1) is 8.31. The summed E-state index contributed by atoms with van der Waals surface area (Å²) in [6, 6.07) is 6.74. The molecule has 0 unspecified atom stereocenters. The SMILES string of the molecule is CC1(C)CNCCN1c1ccc(S(N)(=O)=O)cc1. The van der Waals surface area contributed by atoms with Crippen LogP contribution in [0.2, 0.25) is 0 Å². The average molecular weight is 269 g/mol. The van der Waals surface area contributed by atoms with Crippen LogP contribution < -0.4 is 15.4 Å². The van der Waals surface area contributed by atoms with Crippen molar-refractivity contribution in [1.29, 1.82) is 0 Å². The van der Waals surface area contributed by atoms with Gasteiger partial charge in [-0.3, -0.25) is 0 Å². The van der Waals surface area contributed by atoms with Gasteiger partial charge < -0.3 is 10.2 Å². The molecule has 0 aliphatic carbocycles. The van der Waals surface area contributed by atoms with Crippen molar-refractivity contribution < 1.29 is 8.42 Å². The van der Waals surface area contributed by atoms with Gasteiger partial charge in [-0.15, -0.1) is 0 Å². The van der Waals surface area contributed by atoms with Crippen LogP contribution in [0.25, 0.3) is 0 Å². The summed E-state index contributed by atoms with van der Waals surface area (Å²) < 4.78 is 22.4. The molecule has 0 bridgehead atoms. The van der Waals surface area contributed by atoms with Gasteiger partial charge in [-0.2, -0.15) is 0 Å². The monoisotopic (exact) mass is 269 g/mol. The molecule has 1 aliphatic rings. The second-order valence-corrected chi connectivity index (χ2v) is 6.74. The largest absolute Gasteiger partial charge is 0.364 e. The van der Waals surface area contributed by atoms with Crippen LogP contribution >= 0.6 is 0 Å².